The Morgan fingerprint density at radius 3 is 3.00 bits per heavy atom. The summed E-state index contributed by atoms with van der Waals surface area (Å²) in [6.45, 7) is 5.71. The Balaban J connectivity index is 2.23. The van der Waals surface area contributed by atoms with Gasteiger partial charge in [0.15, 0.2) is 0 Å². The lowest BCUT2D eigenvalue weighted by Crippen LogP contribution is -2.04. The predicted octanol–water partition coefficient (Wildman–Crippen LogP) is 3.08. The van der Waals surface area contributed by atoms with Crippen LogP contribution in [-0.2, 0) is 4.74 Å². The highest BCUT2D eigenvalue weighted by Gasteiger charge is 2.15. The molecule has 0 radical (unpaired) electrons. The maximum absolute atomic E-state index is 11.3. The summed E-state index contributed by atoms with van der Waals surface area (Å²) >= 11 is 1.46. The molecular weight excluding hydrogens is 252 g/mol. The summed E-state index contributed by atoms with van der Waals surface area (Å²) in [4.78, 5) is 11.3. The monoisotopic (exact) mass is 270 g/mol. The molecule has 0 saturated heterocycles. The molecule has 1 heterocycles. The van der Waals surface area contributed by atoms with Gasteiger partial charge in [0.2, 0.25) is 0 Å². The highest BCUT2D eigenvalue weighted by molar-refractivity contribution is 7.99. The van der Waals surface area contributed by atoms with Gasteiger partial charge in [0.05, 0.1) is 6.61 Å². The summed E-state index contributed by atoms with van der Waals surface area (Å²) in [6, 6.07) is 0. The minimum absolute atomic E-state index is 0.0778. The Hall–Kier alpha value is -1.30. The van der Waals surface area contributed by atoms with Crippen molar-refractivity contribution in [3.05, 3.63) is 18.5 Å². The summed E-state index contributed by atoms with van der Waals surface area (Å²) in [5.41, 5.74) is 0. The number of carbonyl (C=O) groups is 1. The molecule has 100 valence electrons. The van der Waals surface area contributed by atoms with Gasteiger partial charge in [-0.15, -0.1) is 11.7 Å². The van der Waals surface area contributed by atoms with Gasteiger partial charge < -0.3 is 9.15 Å². The number of esters is 1. The summed E-state index contributed by atoms with van der Waals surface area (Å²) in [7, 11) is 0. The molecule has 1 aromatic heterocycles. The van der Waals surface area contributed by atoms with Crippen molar-refractivity contribution < 1.29 is 13.9 Å². The van der Waals surface area contributed by atoms with Gasteiger partial charge in [0.25, 0.3) is 5.22 Å². The highest BCUT2D eigenvalue weighted by atomic mass is 32.2. The lowest BCUT2D eigenvalue weighted by Gasteiger charge is -1.97. The molecule has 18 heavy (non-hydrogen) atoms. The van der Waals surface area contributed by atoms with Crippen LogP contribution in [0, 0.1) is 0 Å². The number of hydrogen-bond acceptors (Lipinski definition) is 6. The molecule has 0 spiro atoms. The first-order valence-electron chi connectivity index (χ1n) is 6.02. The third-order valence-corrected chi connectivity index (χ3v) is 3.04. The molecule has 0 amide bonds. The Morgan fingerprint density at radius 1 is 1.44 bits per heavy atom. The van der Waals surface area contributed by atoms with Gasteiger partial charge in [-0.3, -0.25) is 0 Å². The molecule has 0 aromatic carbocycles. The van der Waals surface area contributed by atoms with Crippen molar-refractivity contribution in [1.82, 2.24) is 10.2 Å². The van der Waals surface area contributed by atoms with Crippen molar-refractivity contribution in [2.45, 2.75) is 37.8 Å². The molecule has 1 aromatic rings. The van der Waals surface area contributed by atoms with E-state index in [1.54, 1.807) is 6.92 Å². The van der Waals surface area contributed by atoms with Crippen LogP contribution in [0.4, 0.5) is 0 Å². The van der Waals surface area contributed by atoms with E-state index >= 15 is 0 Å². The smallest absolute Gasteiger partial charge is 0.396 e. The molecule has 1 rings (SSSR count). The number of nitrogens with zero attached hydrogens (tertiary/aromatic N) is 2. The first-order chi connectivity index (χ1) is 8.77. The Labute approximate surface area is 111 Å². The zero-order valence-electron chi connectivity index (χ0n) is 10.6. The second kappa shape index (κ2) is 8.74. The molecule has 0 aliphatic heterocycles. The van der Waals surface area contributed by atoms with Gasteiger partial charge in [-0.05, 0) is 26.2 Å². The molecule has 6 heteroatoms. The topological polar surface area (TPSA) is 65.2 Å². The van der Waals surface area contributed by atoms with Gasteiger partial charge in [-0.1, -0.05) is 29.4 Å². The van der Waals surface area contributed by atoms with E-state index in [4.69, 9.17) is 9.15 Å². The molecule has 0 saturated carbocycles. The quantitative estimate of drug-likeness (QED) is 0.297. The molecule has 0 unspecified atom stereocenters. The fourth-order valence-electron chi connectivity index (χ4n) is 1.27. The summed E-state index contributed by atoms with van der Waals surface area (Å²) in [5, 5.41) is 7.84. The largest absolute Gasteiger partial charge is 0.459 e. The minimum Gasteiger partial charge on any atom is -0.459 e. The van der Waals surface area contributed by atoms with Crippen LogP contribution in [0.25, 0.3) is 0 Å². The van der Waals surface area contributed by atoms with E-state index in [0.29, 0.717) is 11.8 Å². The van der Waals surface area contributed by atoms with Gasteiger partial charge in [0, 0.05) is 5.75 Å². The lowest BCUT2D eigenvalue weighted by atomic mass is 10.2. The molecule has 0 atom stereocenters. The van der Waals surface area contributed by atoms with Gasteiger partial charge in [-0.25, -0.2) is 4.79 Å². The lowest BCUT2D eigenvalue weighted by molar-refractivity contribution is 0.0475. The predicted molar refractivity (Wildman–Crippen MR) is 69.6 cm³/mol. The molecule has 0 fully saturated rings. The van der Waals surface area contributed by atoms with Gasteiger partial charge >= 0.3 is 11.9 Å². The number of hydrogen-bond donors (Lipinski definition) is 0. The maximum atomic E-state index is 11.3. The Kier molecular flexibility index (Phi) is 7.17. The van der Waals surface area contributed by atoms with Crippen LogP contribution in [0.15, 0.2) is 22.3 Å². The number of carbonyl (C=O) groups excluding carboxylic acids is 1. The van der Waals surface area contributed by atoms with Gasteiger partial charge in [0.1, 0.15) is 0 Å². The zero-order valence-corrected chi connectivity index (χ0v) is 11.4. The van der Waals surface area contributed by atoms with Crippen LogP contribution in [-0.4, -0.2) is 28.5 Å². The van der Waals surface area contributed by atoms with Crippen LogP contribution in [0.3, 0.4) is 0 Å². The molecule has 0 bridgehead atoms. The van der Waals surface area contributed by atoms with E-state index in [-0.39, 0.29) is 5.89 Å². The first kappa shape index (κ1) is 14.8. The second-order valence-corrected chi connectivity index (χ2v) is 4.63. The average molecular weight is 270 g/mol. The number of aromatic nitrogens is 2. The molecule has 0 aliphatic carbocycles. The molecule has 0 aliphatic rings. The van der Waals surface area contributed by atoms with Crippen molar-refractivity contribution in [2.75, 3.05) is 12.4 Å². The maximum Gasteiger partial charge on any atom is 0.396 e. The zero-order chi connectivity index (χ0) is 13.2. The minimum atomic E-state index is -0.567. The third-order valence-electron chi connectivity index (χ3n) is 2.13. The van der Waals surface area contributed by atoms with Crippen molar-refractivity contribution in [2.24, 2.45) is 0 Å². The SMILES string of the molecule is C=CCCCCCSc1nnc(C(=O)OCC)o1. The highest BCUT2D eigenvalue weighted by Crippen LogP contribution is 2.18. The van der Waals surface area contributed by atoms with Crippen molar-refractivity contribution >= 4 is 17.7 Å². The van der Waals surface area contributed by atoms with E-state index in [1.165, 1.54) is 11.8 Å². The second-order valence-electron chi connectivity index (χ2n) is 3.58. The number of thioether (sulfide) groups is 1. The summed E-state index contributed by atoms with van der Waals surface area (Å²) < 4.78 is 9.93. The standard InChI is InChI=1S/C12H18N2O3S/c1-3-5-6-7-8-9-18-12-14-13-10(17-12)11(15)16-4-2/h3H,1,4-9H2,2H3. The summed E-state index contributed by atoms with van der Waals surface area (Å²) in [5.74, 6) is 0.260. The van der Waals surface area contributed by atoms with Crippen molar-refractivity contribution in [3.8, 4) is 0 Å². The van der Waals surface area contributed by atoms with Crippen LogP contribution in [0.2, 0.25) is 0 Å². The Morgan fingerprint density at radius 2 is 2.28 bits per heavy atom. The van der Waals surface area contributed by atoms with Crippen molar-refractivity contribution in [3.63, 3.8) is 0 Å². The number of unbranched alkanes of at least 4 members (excludes halogenated alkanes) is 3. The number of allylic oxidation sites excluding steroid dienone is 1. The molecule has 0 N–H and O–H groups in total. The van der Waals surface area contributed by atoms with Crippen LogP contribution >= 0.6 is 11.8 Å². The van der Waals surface area contributed by atoms with Crippen LogP contribution in [0.1, 0.15) is 43.3 Å². The molecule has 5 nitrogen and oxygen atoms in total. The van der Waals surface area contributed by atoms with E-state index in [1.807, 2.05) is 6.08 Å². The number of ether oxygens (including phenoxy) is 1. The first-order valence-corrected chi connectivity index (χ1v) is 7.00. The van der Waals surface area contributed by atoms with Crippen molar-refractivity contribution in [1.29, 1.82) is 0 Å². The fraction of sp³-hybridized carbons (Fsp3) is 0.583. The van der Waals surface area contributed by atoms with Gasteiger partial charge in [-0.2, -0.15) is 0 Å². The molecular formula is C12H18N2O3S. The normalized spacial score (nSPS) is 10.3. The third kappa shape index (κ3) is 5.35. The van der Waals surface area contributed by atoms with E-state index in [0.717, 1.165) is 31.4 Å². The Bertz CT molecular complexity index is 379. The van der Waals surface area contributed by atoms with Crippen LogP contribution in [0.5, 0.6) is 0 Å². The number of rotatable bonds is 9. The summed E-state index contributed by atoms with van der Waals surface area (Å²) in [6.07, 6.45) is 6.37. The van der Waals surface area contributed by atoms with E-state index in [9.17, 15) is 4.79 Å². The fourth-order valence-corrected chi connectivity index (χ4v) is 2.03. The average Bonchev–Trinajstić information content (AvgIpc) is 2.83. The van der Waals surface area contributed by atoms with E-state index < -0.39 is 5.97 Å². The van der Waals surface area contributed by atoms with E-state index in [2.05, 4.69) is 16.8 Å². The van der Waals surface area contributed by atoms with Crippen LogP contribution < -0.4 is 0 Å².